The predicted molar refractivity (Wildman–Crippen MR) is 151 cm³/mol. The Morgan fingerprint density at radius 3 is 2.71 bits per heavy atom. The first-order valence-corrected chi connectivity index (χ1v) is 13.6. The van der Waals surface area contributed by atoms with E-state index in [1.807, 2.05) is 19.9 Å². The summed E-state index contributed by atoms with van der Waals surface area (Å²) < 4.78 is 35.0. The number of ether oxygens (including phenoxy) is 3. The van der Waals surface area contributed by atoms with E-state index in [0.29, 0.717) is 64.9 Å². The van der Waals surface area contributed by atoms with E-state index in [-0.39, 0.29) is 29.8 Å². The fourth-order valence-corrected chi connectivity index (χ4v) is 5.62. The van der Waals surface area contributed by atoms with Crippen molar-refractivity contribution >= 4 is 23.4 Å². The second-order valence-electron chi connectivity index (χ2n) is 10.8. The lowest BCUT2D eigenvalue weighted by molar-refractivity contribution is -0.118. The highest BCUT2D eigenvalue weighted by atomic mass is 35.5. The molecule has 2 amide bonds. The number of morpholine rings is 1. The third-order valence-corrected chi connectivity index (χ3v) is 7.58. The van der Waals surface area contributed by atoms with Gasteiger partial charge < -0.3 is 24.8 Å². The first-order valence-electron chi connectivity index (χ1n) is 13.2. The van der Waals surface area contributed by atoms with Crippen molar-refractivity contribution < 1.29 is 28.2 Å². The monoisotopic (exact) mass is 594 g/mol. The Kier molecular flexibility index (Phi) is 6.90. The van der Waals surface area contributed by atoms with Crippen molar-refractivity contribution in [2.45, 2.75) is 32.5 Å². The van der Waals surface area contributed by atoms with E-state index >= 15 is 0 Å². The topological polar surface area (TPSA) is 127 Å². The van der Waals surface area contributed by atoms with Gasteiger partial charge in [0, 0.05) is 46.1 Å². The van der Waals surface area contributed by atoms with Crippen LogP contribution in [0.4, 0.5) is 4.39 Å². The summed E-state index contributed by atoms with van der Waals surface area (Å²) in [7, 11) is 1.53. The quantitative estimate of drug-likeness (QED) is 0.359. The molecule has 13 heteroatoms. The maximum atomic E-state index is 14.6. The van der Waals surface area contributed by atoms with Gasteiger partial charge in [-0.15, -0.1) is 0 Å². The molecule has 2 aliphatic heterocycles. The maximum Gasteiger partial charge on any atom is 0.275 e. The molecule has 0 unspecified atom stereocenters. The molecule has 1 fully saturated rings. The van der Waals surface area contributed by atoms with Crippen molar-refractivity contribution in [1.82, 2.24) is 24.5 Å². The fraction of sp³-hybridized carbons (Fsp3) is 0.310. The first-order chi connectivity index (χ1) is 20.1. The van der Waals surface area contributed by atoms with E-state index < -0.39 is 17.3 Å². The minimum absolute atomic E-state index is 0.0519. The molecule has 0 radical (unpaired) electrons. The normalized spacial score (nSPS) is 15.5. The van der Waals surface area contributed by atoms with Crippen molar-refractivity contribution in [3.8, 4) is 39.6 Å². The molecule has 2 aromatic carbocycles. The summed E-state index contributed by atoms with van der Waals surface area (Å²) in [6.45, 7) is 5.02. The van der Waals surface area contributed by atoms with Crippen molar-refractivity contribution in [3.63, 3.8) is 0 Å². The zero-order valence-corrected chi connectivity index (χ0v) is 23.9. The van der Waals surface area contributed by atoms with Crippen molar-refractivity contribution in [2.24, 2.45) is 5.73 Å². The summed E-state index contributed by atoms with van der Waals surface area (Å²) in [5.41, 5.74) is 8.33. The predicted octanol–water partition coefficient (Wildman–Crippen LogP) is 3.83. The number of amides is 2. The van der Waals surface area contributed by atoms with Crippen LogP contribution in [0, 0.1) is 5.82 Å². The number of nitrogens with two attached hydrogens (primary N) is 1. The van der Waals surface area contributed by atoms with Crippen LogP contribution < -0.4 is 15.2 Å². The van der Waals surface area contributed by atoms with Gasteiger partial charge in [0.25, 0.3) is 5.91 Å². The minimum Gasteiger partial charge on any atom is -0.496 e. The van der Waals surface area contributed by atoms with E-state index in [2.05, 4.69) is 5.10 Å². The molecular weight excluding hydrogens is 567 g/mol. The van der Waals surface area contributed by atoms with Crippen LogP contribution in [0.25, 0.3) is 28.1 Å². The summed E-state index contributed by atoms with van der Waals surface area (Å²) in [6.07, 6.45) is 3.27. The number of methoxy groups -OCH3 is 1. The molecule has 42 heavy (non-hydrogen) atoms. The fourth-order valence-electron chi connectivity index (χ4n) is 5.41. The van der Waals surface area contributed by atoms with Crippen molar-refractivity contribution in [3.05, 3.63) is 64.8 Å². The summed E-state index contributed by atoms with van der Waals surface area (Å²) in [5.74, 6) is -0.370. The average Bonchev–Trinajstić information content (AvgIpc) is 3.56. The summed E-state index contributed by atoms with van der Waals surface area (Å²) in [5, 5.41) is 9.16. The number of hydrogen-bond donors (Lipinski definition) is 1. The lowest BCUT2D eigenvalue weighted by Gasteiger charge is -2.41. The van der Waals surface area contributed by atoms with Gasteiger partial charge in [0.15, 0.2) is 5.69 Å². The second kappa shape index (κ2) is 10.4. The highest BCUT2D eigenvalue weighted by molar-refractivity contribution is 6.30. The molecule has 6 rings (SSSR count). The SMILES string of the molecule is COc1cc2c(cc1-c1cnn(CC(N)=O)c1)-c1c(c(C(=O)N3CCOCC3(C)C)nn1-c1cc(F)cc(Cl)c1)CO2. The van der Waals surface area contributed by atoms with Crippen LogP contribution in [-0.2, 0) is 22.7 Å². The third-order valence-electron chi connectivity index (χ3n) is 7.36. The lowest BCUT2D eigenvalue weighted by Crippen LogP contribution is -2.55. The number of nitrogens with zero attached hydrogens (tertiary/aromatic N) is 5. The van der Waals surface area contributed by atoms with Gasteiger partial charge in [-0.3, -0.25) is 14.3 Å². The molecule has 11 nitrogen and oxygen atoms in total. The lowest BCUT2D eigenvalue weighted by atomic mass is 9.96. The zero-order valence-electron chi connectivity index (χ0n) is 23.2. The number of benzene rings is 2. The number of hydrogen-bond acceptors (Lipinski definition) is 7. The molecule has 2 aromatic heterocycles. The molecule has 0 spiro atoms. The van der Waals surface area contributed by atoms with Crippen LogP contribution in [0.2, 0.25) is 5.02 Å². The number of carbonyl (C=O) groups excluding carboxylic acids is 2. The Hall–Kier alpha value is -4.42. The Morgan fingerprint density at radius 2 is 2.00 bits per heavy atom. The van der Waals surface area contributed by atoms with E-state index in [1.165, 1.54) is 28.6 Å². The number of halogens is 2. The molecular formula is C29H28ClFN6O5. The van der Waals surface area contributed by atoms with Gasteiger partial charge in [-0.25, -0.2) is 9.07 Å². The van der Waals surface area contributed by atoms with Crippen LogP contribution >= 0.6 is 11.6 Å². The maximum absolute atomic E-state index is 14.6. The average molecular weight is 595 g/mol. The molecule has 0 saturated carbocycles. The highest BCUT2D eigenvalue weighted by Gasteiger charge is 2.39. The number of primary amides is 1. The van der Waals surface area contributed by atoms with Gasteiger partial charge in [-0.05, 0) is 38.1 Å². The second-order valence-corrected chi connectivity index (χ2v) is 11.2. The largest absolute Gasteiger partial charge is 0.496 e. The molecule has 2 N–H and O–H groups in total. The van der Waals surface area contributed by atoms with Crippen molar-refractivity contribution in [1.29, 1.82) is 0 Å². The third kappa shape index (κ3) is 4.86. The standard InChI is InChI=1S/C29H28ClFN6O5/c1-29(2)15-41-5-4-36(29)28(39)26-22-14-42-24-10-23(40-3)20(16-11-33-35(12-16)13-25(32)38)9-21(24)27(22)37(34-26)19-7-17(30)6-18(31)8-19/h6-12H,4-5,13-15H2,1-3H3,(H2,32,38). The Bertz CT molecular complexity index is 1710. The van der Waals surface area contributed by atoms with Crippen LogP contribution in [0.3, 0.4) is 0 Å². The number of rotatable bonds is 6. The van der Waals surface area contributed by atoms with Gasteiger partial charge in [-0.1, -0.05) is 11.6 Å². The van der Waals surface area contributed by atoms with Crippen molar-refractivity contribution in [2.75, 3.05) is 26.9 Å². The molecule has 0 aliphatic carbocycles. The molecule has 4 heterocycles. The van der Waals surface area contributed by atoms with E-state index in [1.54, 1.807) is 29.4 Å². The van der Waals surface area contributed by atoms with E-state index in [9.17, 15) is 14.0 Å². The van der Waals surface area contributed by atoms with Crippen LogP contribution in [-0.4, -0.2) is 68.7 Å². The van der Waals surface area contributed by atoms with Gasteiger partial charge in [0.05, 0.1) is 43.4 Å². The minimum atomic E-state index is -0.562. The molecule has 1 saturated heterocycles. The molecule has 0 bridgehead atoms. The van der Waals surface area contributed by atoms with Crippen LogP contribution in [0.15, 0.2) is 42.7 Å². The van der Waals surface area contributed by atoms with E-state index in [4.69, 9.17) is 36.6 Å². The molecule has 4 aromatic rings. The van der Waals surface area contributed by atoms with Gasteiger partial charge in [0.1, 0.15) is 30.5 Å². The Morgan fingerprint density at radius 1 is 1.19 bits per heavy atom. The molecule has 2 aliphatic rings. The number of aromatic nitrogens is 4. The Balaban J connectivity index is 1.56. The number of fused-ring (bicyclic) bond motifs is 3. The zero-order chi connectivity index (χ0) is 29.8. The molecule has 218 valence electrons. The summed E-state index contributed by atoms with van der Waals surface area (Å²) >= 11 is 6.24. The Labute approximate surface area is 245 Å². The number of carbonyl (C=O) groups is 2. The van der Waals surface area contributed by atoms with Gasteiger partial charge >= 0.3 is 0 Å². The van der Waals surface area contributed by atoms with Crippen LogP contribution in [0.5, 0.6) is 11.5 Å². The van der Waals surface area contributed by atoms with Gasteiger partial charge in [-0.2, -0.15) is 10.2 Å². The summed E-state index contributed by atoms with van der Waals surface area (Å²) in [4.78, 5) is 27.2. The molecule has 0 atom stereocenters. The van der Waals surface area contributed by atoms with Crippen LogP contribution in [0.1, 0.15) is 29.9 Å². The van der Waals surface area contributed by atoms with Gasteiger partial charge in [0.2, 0.25) is 5.91 Å². The first kappa shape index (κ1) is 27.7. The van der Waals surface area contributed by atoms with E-state index in [0.717, 1.165) is 0 Å². The highest BCUT2D eigenvalue weighted by Crippen LogP contribution is 2.46. The smallest absolute Gasteiger partial charge is 0.275 e. The summed E-state index contributed by atoms with van der Waals surface area (Å²) in [6, 6.07) is 7.66.